The van der Waals surface area contributed by atoms with Gasteiger partial charge in [0, 0.05) is 30.5 Å². The minimum atomic E-state index is -2.83. The normalized spacial score (nSPS) is 18.3. The first kappa shape index (κ1) is 17.9. The molecule has 0 bridgehead atoms. The summed E-state index contributed by atoms with van der Waals surface area (Å²) in [6.07, 6.45) is 4.44. The number of hydrogen-bond donors (Lipinski definition) is 1. The second-order valence-electron chi connectivity index (χ2n) is 6.59. The lowest BCUT2D eigenvalue weighted by Gasteiger charge is -2.29. The summed E-state index contributed by atoms with van der Waals surface area (Å²) in [5.74, 6) is 0.507. The third-order valence-corrected chi connectivity index (χ3v) is 5.73. The quantitative estimate of drug-likeness (QED) is 0.808. The summed E-state index contributed by atoms with van der Waals surface area (Å²) in [5.41, 5.74) is 3.56. The smallest absolute Gasteiger partial charge is 0.153 e. The number of sulfone groups is 1. The van der Waals surface area contributed by atoms with Gasteiger partial charge in [0.15, 0.2) is 9.84 Å². The minimum absolute atomic E-state index is 0.254. The summed E-state index contributed by atoms with van der Waals surface area (Å²) in [7, 11) is -2.83. The fourth-order valence-corrected chi connectivity index (χ4v) is 3.94. The lowest BCUT2D eigenvalue weighted by Crippen LogP contribution is -2.40. The molecule has 1 aliphatic rings. The number of hydrogen-bond acceptors (Lipinski definition) is 4. The van der Waals surface area contributed by atoms with Gasteiger partial charge in [0.05, 0.1) is 11.5 Å². The van der Waals surface area contributed by atoms with E-state index in [2.05, 4.69) is 55.3 Å². The molecule has 0 spiro atoms. The molecule has 0 aromatic heterocycles. The zero-order valence-electron chi connectivity index (χ0n) is 14.4. The Morgan fingerprint density at radius 1 is 1.30 bits per heavy atom. The van der Waals surface area contributed by atoms with E-state index in [9.17, 15) is 8.42 Å². The van der Waals surface area contributed by atoms with Crippen molar-refractivity contribution < 1.29 is 8.42 Å². The number of benzene rings is 1. The van der Waals surface area contributed by atoms with Gasteiger partial charge in [-0.15, -0.1) is 0 Å². The molecule has 1 aliphatic heterocycles. The zero-order chi connectivity index (χ0) is 16.9. The molecule has 0 aliphatic carbocycles. The van der Waals surface area contributed by atoms with Gasteiger partial charge in [0.1, 0.15) is 0 Å². The van der Waals surface area contributed by atoms with Crippen LogP contribution in [0.1, 0.15) is 33.6 Å². The van der Waals surface area contributed by atoms with Crippen molar-refractivity contribution in [2.45, 2.75) is 39.7 Å². The van der Waals surface area contributed by atoms with Gasteiger partial charge in [-0.3, -0.25) is 0 Å². The second kappa shape index (κ2) is 7.86. The van der Waals surface area contributed by atoms with Crippen LogP contribution < -0.4 is 10.2 Å². The molecule has 1 heterocycles. The van der Waals surface area contributed by atoms with E-state index in [0.29, 0.717) is 19.1 Å². The van der Waals surface area contributed by atoms with Gasteiger partial charge >= 0.3 is 0 Å². The first-order chi connectivity index (χ1) is 10.9. The van der Waals surface area contributed by atoms with Crippen molar-refractivity contribution in [1.29, 1.82) is 0 Å². The third kappa shape index (κ3) is 5.90. The van der Waals surface area contributed by atoms with Crippen LogP contribution in [0.5, 0.6) is 0 Å². The van der Waals surface area contributed by atoms with E-state index >= 15 is 0 Å². The Labute approximate surface area is 140 Å². The molecule has 128 valence electrons. The second-order valence-corrected chi connectivity index (χ2v) is 8.90. The van der Waals surface area contributed by atoms with Gasteiger partial charge < -0.3 is 10.2 Å². The van der Waals surface area contributed by atoms with Crippen LogP contribution in [0, 0.1) is 0 Å². The van der Waals surface area contributed by atoms with Gasteiger partial charge in [-0.1, -0.05) is 17.7 Å². The molecular formula is C18H28N2O2S. The predicted molar refractivity (Wildman–Crippen MR) is 99.1 cm³/mol. The van der Waals surface area contributed by atoms with Crippen LogP contribution in [0.25, 0.3) is 0 Å². The molecule has 1 fully saturated rings. The topological polar surface area (TPSA) is 49.4 Å². The average molecular weight is 337 g/mol. The lowest BCUT2D eigenvalue weighted by atomic mass is 10.1. The van der Waals surface area contributed by atoms with E-state index in [-0.39, 0.29) is 11.5 Å². The van der Waals surface area contributed by atoms with Crippen LogP contribution in [0.15, 0.2) is 35.9 Å². The van der Waals surface area contributed by atoms with Crippen molar-refractivity contribution in [2.24, 2.45) is 0 Å². The molecule has 2 rings (SSSR count). The third-order valence-electron chi connectivity index (χ3n) is 4.12. The number of allylic oxidation sites excluding steroid dienone is 2. The maximum absolute atomic E-state index is 11.5. The number of rotatable bonds is 6. The van der Waals surface area contributed by atoms with Crippen LogP contribution in [-0.4, -0.2) is 39.1 Å². The summed E-state index contributed by atoms with van der Waals surface area (Å²) in [4.78, 5) is 2.15. The number of nitrogens with one attached hydrogen (secondary N) is 1. The highest BCUT2D eigenvalue weighted by Gasteiger charge is 2.21. The summed E-state index contributed by atoms with van der Waals surface area (Å²) in [6, 6.07) is 8.68. The maximum Gasteiger partial charge on any atom is 0.153 e. The Balaban J connectivity index is 1.93. The maximum atomic E-state index is 11.5. The van der Waals surface area contributed by atoms with Crippen molar-refractivity contribution in [2.75, 3.05) is 34.8 Å². The number of nitrogens with zero attached hydrogens (tertiary/aromatic N) is 1. The zero-order valence-corrected chi connectivity index (χ0v) is 15.2. The van der Waals surface area contributed by atoms with E-state index in [1.165, 1.54) is 5.57 Å². The molecule has 5 heteroatoms. The largest absolute Gasteiger partial charge is 0.383 e. The summed E-state index contributed by atoms with van der Waals surface area (Å²) >= 11 is 0. The van der Waals surface area contributed by atoms with E-state index < -0.39 is 9.84 Å². The summed E-state index contributed by atoms with van der Waals surface area (Å²) in [6.45, 7) is 7.61. The van der Waals surface area contributed by atoms with Crippen molar-refractivity contribution >= 4 is 21.2 Å². The Hall–Kier alpha value is -1.49. The van der Waals surface area contributed by atoms with Crippen LogP contribution >= 0.6 is 0 Å². The highest BCUT2D eigenvalue weighted by Crippen LogP contribution is 2.22. The van der Waals surface area contributed by atoms with E-state index in [1.54, 1.807) is 0 Å². The molecule has 0 radical (unpaired) electrons. The van der Waals surface area contributed by atoms with Crippen LogP contribution in [-0.2, 0) is 9.84 Å². The van der Waals surface area contributed by atoms with Gasteiger partial charge in [-0.25, -0.2) is 8.42 Å². The Morgan fingerprint density at radius 3 is 2.65 bits per heavy atom. The van der Waals surface area contributed by atoms with E-state index in [4.69, 9.17) is 0 Å². The van der Waals surface area contributed by atoms with E-state index in [1.807, 2.05) is 6.07 Å². The molecule has 1 atom stereocenters. The fourth-order valence-electron chi connectivity index (χ4n) is 2.74. The Bertz CT molecular complexity index is 635. The first-order valence-corrected chi connectivity index (χ1v) is 10.1. The standard InChI is InChI=1S/C18H28N2O2S/c1-15(2)6-4-7-16(3)19-17-8-5-9-18(14-17)20-10-12-23(21,22)13-11-20/h5-6,8-9,14,16,19H,4,7,10-13H2,1-3H3/t16-/m0/s1. The summed E-state index contributed by atoms with van der Waals surface area (Å²) < 4.78 is 23.1. The van der Waals surface area contributed by atoms with Gasteiger partial charge in [-0.2, -0.15) is 0 Å². The molecule has 0 unspecified atom stereocenters. The fraction of sp³-hybridized carbons (Fsp3) is 0.556. The van der Waals surface area contributed by atoms with Crippen LogP contribution in [0.3, 0.4) is 0 Å². The van der Waals surface area contributed by atoms with Gasteiger partial charge in [-0.05, 0) is 51.8 Å². The molecule has 1 aromatic carbocycles. The molecule has 1 aromatic rings. The first-order valence-electron chi connectivity index (χ1n) is 8.31. The SMILES string of the molecule is CC(C)=CCC[C@H](C)Nc1cccc(N2CCS(=O)(=O)CC2)c1. The van der Waals surface area contributed by atoms with Crippen LogP contribution in [0.4, 0.5) is 11.4 Å². The number of anilines is 2. The molecule has 0 saturated carbocycles. The molecule has 1 N–H and O–H groups in total. The molecule has 0 amide bonds. The van der Waals surface area contributed by atoms with E-state index in [0.717, 1.165) is 24.2 Å². The van der Waals surface area contributed by atoms with Gasteiger partial charge in [0.2, 0.25) is 0 Å². The highest BCUT2D eigenvalue weighted by atomic mass is 32.2. The molecular weight excluding hydrogens is 308 g/mol. The van der Waals surface area contributed by atoms with Crippen molar-refractivity contribution in [3.05, 3.63) is 35.9 Å². The molecule has 4 nitrogen and oxygen atoms in total. The average Bonchev–Trinajstić information content (AvgIpc) is 2.47. The van der Waals surface area contributed by atoms with Crippen molar-refractivity contribution in [3.8, 4) is 0 Å². The van der Waals surface area contributed by atoms with Crippen LogP contribution in [0.2, 0.25) is 0 Å². The molecule has 1 saturated heterocycles. The van der Waals surface area contributed by atoms with Gasteiger partial charge in [0.25, 0.3) is 0 Å². The minimum Gasteiger partial charge on any atom is -0.383 e. The lowest BCUT2D eigenvalue weighted by molar-refractivity contribution is 0.587. The Kier molecular flexibility index (Phi) is 6.10. The monoisotopic (exact) mass is 336 g/mol. The predicted octanol–water partition coefficient (Wildman–Crippen LogP) is 3.47. The highest BCUT2D eigenvalue weighted by molar-refractivity contribution is 7.91. The van der Waals surface area contributed by atoms with Crippen molar-refractivity contribution in [1.82, 2.24) is 0 Å². The Morgan fingerprint density at radius 2 is 2.00 bits per heavy atom. The molecule has 23 heavy (non-hydrogen) atoms. The van der Waals surface area contributed by atoms with Crippen molar-refractivity contribution in [3.63, 3.8) is 0 Å². The summed E-state index contributed by atoms with van der Waals surface area (Å²) in [5, 5.41) is 3.54.